The lowest BCUT2D eigenvalue weighted by Crippen LogP contribution is -2.40. The van der Waals surface area contributed by atoms with Gasteiger partial charge in [0.05, 0.1) is 36.3 Å². The number of ether oxygens (including phenoxy) is 2. The van der Waals surface area contributed by atoms with E-state index in [4.69, 9.17) is 9.47 Å². The van der Waals surface area contributed by atoms with Crippen molar-refractivity contribution in [1.29, 1.82) is 0 Å². The zero-order chi connectivity index (χ0) is 23.0. The highest BCUT2D eigenvalue weighted by atomic mass is 32.2. The van der Waals surface area contributed by atoms with E-state index >= 15 is 0 Å². The van der Waals surface area contributed by atoms with Gasteiger partial charge in [-0.3, -0.25) is 0 Å². The van der Waals surface area contributed by atoms with Crippen LogP contribution in [0.4, 0.5) is 5.69 Å². The number of morpholine rings is 1. The molecule has 1 aliphatic carbocycles. The summed E-state index contributed by atoms with van der Waals surface area (Å²) in [6.45, 7) is 3.77. The molecule has 33 heavy (non-hydrogen) atoms. The molecule has 2 heterocycles. The van der Waals surface area contributed by atoms with Gasteiger partial charge in [-0.05, 0) is 60.7 Å². The molecule has 8 heteroatoms. The molecule has 5 rings (SSSR count). The van der Waals surface area contributed by atoms with Crippen LogP contribution >= 0.6 is 0 Å². The van der Waals surface area contributed by atoms with Gasteiger partial charge in [-0.25, -0.2) is 13.2 Å². The first kappa shape index (κ1) is 22.1. The number of fused-ring (bicyclic) bond motifs is 3. The molecule has 1 N–H and O–H groups in total. The molecule has 2 aromatic rings. The number of hydrogen-bond acceptors (Lipinski definition) is 6. The second-order valence-electron chi connectivity index (χ2n) is 8.58. The molecule has 1 saturated heterocycles. The summed E-state index contributed by atoms with van der Waals surface area (Å²) in [5.74, 6) is 0.173. The maximum atomic E-state index is 13.0. The fourth-order valence-corrected chi connectivity index (χ4v) is 6.46. The molecule has 2 aromatic carbocycles. The smallest absolute Gasteiger partial charge is 0.338 e. The van der Waals surface area contributed by atoms with Crippen LogP contribution in [-0.4, -0.2) is 51.6 Å². The number of hydrogen-bond donors (Lipinski definition) is 1. The molecule has 0 spiro atoms. The van der Waals surface area contributed by atoms with Gasteiger partial charge < -0.3 is 14.8 Å². The third kappa shape index (κ3) is 4.07. The molecular formula is C25H28N2O5S. The molecule has 7 nitrogen and oxygen atoms in total. The molecule has 0 saturated carbocycles. The van der Waals surface area contributed by atoms with Gasteiger partial charge in [0, 0.05) is 24.7 Å². The Hall–Kier alpha value is -2.68. The van der Waals surface area contributed by atoms with Gasteiger partial charge in [0.25, 0.3) is 0 Å². The molecule has 3 atom stereocenters. The van der Waals surface area contributed by atoms with Crippen LogP contribution in [0.25, 0.3) is 0 Å². The average molecular weight is 469 g/mol. The first-order valence-electron chi connectivity index (χ1n) is 11.4. The third-order valence-corrected chi connectivity index (χ3v) is 8.63. The minimum atomic E-state index is -3.52. The lowest BCUT2D eigenvalue weighted by Gasteiger charge is -2.37. The number of nitrogens with one attached hydrogen (secondary N) is 1. The van der Waals surface area contributed by atoms with Gasteiger partial charge in [-0.15, -0.1) is 0 Å². The molecule has 2 aliphatic heterocycles. The van der Waals surface area contributed by atoms with E-state index in [9.17, 15) is 13.2 Å². The number of nitrogens with zero attached hydrogens (tertiary/aromatic N) is 1. The average Bonchev–Trinajstić information content (AvgIpc) is 3.34. The van der Waals surface area contributed by atoms with E-state index in [1.807, 2.05) is 24.3 Å². The molecule has 174 valence electrons. The Morgan fingerprint density at radius 3 is 2.64 bits per heavy atom. The number of anilines is 1. The van der Waals surface area contributed by atoms with Crippen molar-refractivity contribution < 1.29 is 22.7 Å². The Balaban J connectivity index is 1.41. The number of carbonyl (C=O) groups is 1. The maximum Gasteiger partial charge on any atom is 0.338 e. The third-order valence-electron chi connectivity index (χ3n) is 6.72. The van der Waals surface area contributed by atoms with E-state index in [2.05, 4.69) is 17.5 Å². The fraction of sp³-hybridized carbons (Fsp3) is 0.400. The fourth-order valence-electron chi connectivity index (χ4n) is 5.05. The minimum absolute atomic E-state index is 0.0473. The van der Waals surface area contributed by atoms with Gasteiger partial charge in [0.2, 0.25) is 10.0 Å². The number of allylic oxidation sites excluding steroid dienone is 2. The van der Waals surface area contributed by atoms with Crippen molar-refractivity contribution in [1.82, 2.24) is 4.31 Å². The zero-order valence-electron chi connectivity index (χ0n) is 18.6. The zero-order valence-corrected chi connectivity index (χ0v) is 19.4. The number of esters is 1. The molecule has 0 radical (unpaired) electrons. The molecular weight excluding hydrogens is 440 g/mol. The van der Waals surface area contributed by atoms with Gasteiger partial charge in [0.15, 0.2) is 0 Å². The Morgan fingerprint density at radius 1 is 1.15 bits per heavy atom. The van der Waals surface area contributed by atoms with Crippen LogP contribution in [0.1, 0.15) is 46.8 Å². The summed E-state index contributed by atoms with van der Waals surface area (Å²) in [5.41, 5.74) is 3.70. The number of sulfonamides is 1. The van der Waals surface area contributed by atoms with Crippen LogP contribution in [0.15, 0.2) is 59.5 Å². The summed E-state index contributed by atoms with van der Waals surface area (Å²) in [7, 11) is -3.52. The molecule has 0 aromatic heterocycles. The summed E-state index contributed by atoms with van der Waals surface area (Å²) in [6.07, 6.45) is 5.32. The quantitative estimate of drug-likeness (QED) is 0.532. The van der Waals surface area contributed by atoms with Crippen molar-refractivity contribution in [2.45, 2.75) is 30.2 Å². The van der Waals surface area contributed by atoms with E-state index in [1.165, 1.54) is 4.31 Å². The van der Waals surface area contributed by atoms with Crippen molar-refractivity contribution in [2.75, 3.05) is 38.2 Å². The second-order valence-corrected chi connectivity index (χ2v) is 10.5. The van der Waals surface area contributed by atoms with Crippen LogP contribution in [0.5, 0.6) is 0 Å². The molecule has 0 bridgehead atoms. The summed E-state index contributed by atoms with van der Waals surface area (Å²) >= 11 is 0. The summed E-state index contributed by atoms with van der Waals surface area (Å²) in [6, 6.07) is 13.0. The number of benzene rings is 2. The van der Waals surface area contributed by atoms with Crippen molar-refractivity contribution in [3.05, 3.63) is 71.3 Å². The Kier molecular flexibility index (Phi) is 5.99. The molecule has 0 amide bonds. The van der Waals surface area contributed by atoms with E-state index in [0.29, 0.717) is 43.4 Å². The van der Waals surface area contributed by atoms with Crippen molar-refractivity contribution in [2.24, 2.45) is 5.92 Å². The van der Waals surface area contributed by atoms with Crippen molar-refractivity contribution in [3.63, 3.8) is 0 Å². The highest BCUT2D eigenvalue weighted by Crippen LogP contribution is 2.50. The highest BCUT2D eigenvalue weighted by molar-refractivity contribution is 7.89. The summed E-state index contributed by atoms with van der Waals surface area (Å²) in [5, 5.41) is 3.64. The van der Waals surface area contributed by atoms with Gasteiger partial charge in [0.1, 0.15) is 0 Å². The van der Waals surface area contributed by atoms with E-state index in [1.54, 1.807) is 25.1 Å². The Labute approximate surface area is 194 Å². The standard InChI is InChI=1S/C25H28N2O5S/c1-2-32-25(28)18-8-11-23-22(16-18)20-4-3-5-21(20)24(26-23)17-6-9-19(10-7-17)33(29,30)27-12-14-31-15-13-27/h3-4,6-11,16,20-21,24,26H,2,5,12-15H2,1H3. The second kappa shape index (κ2) is 8.93. The monoisotopic (exact) mass is 468 g/mol. The van der Waals surface area contributed by atoms with Crippen LogP contribution < -0.4 is 5.32 Å². The number of rotatable bonds is 5. The highest BCUT2D eigenvalue weighted by Gasteiger charge is 2.38. The summed E-state index contributed by atoms with van der Waals surface area (Å²) < 4.78 is 37.9. The predicted molar refractivity (Wildman–Crippen MR) is 125 cm³/mol. The van der Waals surface area contributed by atoms with Gasteiger partial charge in [-0.1, -0.05) is 24.3 Å². The van der Waals surface area contributed by atoms with Gasteiger partial charge >= 0.3 is 5.97 Å². The van der Waals surface area contributed by atoms with Crippen molar-refractivity contribution in [3.8, 4) is 0 Å². The van der Waals surface area contributed by atoms with E-state index in [-0.39, 0.29) is 23.8 Å². The first-order valence-corrected chi connectivity index (χ1v) is 12.8. The summed E-state index contributed by atoms with van der Waals surface area (Å²) in [4.78, 5) is 12.5. The Bertz CT molecular complexity index is 1170. The lowest BCUT2D eigenvalue weighted by atomic mass is 9.76. The van der Waals surface area contributed by atoms with Crippen molar-refractivity contribution >= 4 is 21.7 Å². The van der Waals surface area contributed by atoms with Crippen LogP contribution in [-0.2, 0) is 19.5 Å². The number of carbonyl (C=O) groups excluding carboxylic acids is 1. The van der Waals surface area contributed by atoms with E-state index in [0.717, 1.165) is 23.2 Å². The SMILES string of the molecule is CCOC(=O)c1ccc2c(c1)C1C=CCC1C(c1ccc(S(=O)(=O)N3CCOCC3)cc1)N2. The molecule has 1 fully saturated rings. The van der Waals surface area contributed by atoms with Crippen LogP contribution in [0.2, 0.25) is 0 Å². The molecule has 3 aliphatic rings. The minimum Gasteiger partial charge on any atom is -0.462 e. The topological polar surface area (TPSA) is 84.9 Å². The lowest BCUT2D eigenvalue weighted by molar-refractivity contribution is 0.0526. The molecule has 3 unspecified atom stereocenters. The normalized spacial score (nSPS) is 24.6. The van der Waals surface area contributed by atoms with Gasteiger partial charge in [-0.2, -0.15) is 4.31 Å². The maximum absolute atomic E-state index is 13.0. The van der Waals surface area contributed by atoms with Crippen LogP contribution in [0.3, 0.4) is 0 Å². The largest absolute Gasteiger partial charge is 0.462 e. The van der Waals surface area contributed by atoms with E-state index < -0.39 is 10.0 Å². The Morgan fingerprint density at radius 2 is 1.91 bits per heavy atom. The van der Waals surface area contributed by atoms with Crippen LogP contribution in [0, 0.1) is 5.92 Å². The predicted octanol–water partition coefficient (Wildman–Crippen LogP) is 3.71. The first-order chi connectivity index (χ1) is 16.0.